The van der Waals surface area contributed by atoms with Crippen LogP contribution in [0.4, 0.5) is 0 Å². The molecule has 0 atom stereocenters. The quantitative estimate of drug-likeness (QED) is 0.191. The second-order valence-corrected chi connectivity index (χ2v) is 9.88. The molecule has 0 spiro atoms. The maximum absolute atomic E-state index is 4.37. The Morgan fingerprint density at radius 1 is 0.769 bits per heavy atom. The molecule has 0 N–H and O–H groups in total. The van der Waals surface area contributed by atoms with Crippen molar-refractivity contribution >= 4 is 44.5 Å². The molecule has 6 rings (SSSR count). The van der Waals surface area contributed by atoms with Gasteiger partial charge in [-0.2, -0.15) is 0 Å². The standard InChI is InChI=1S/C37H32N2/c1-5-7-14-26(3)38-27(4)31(17-8-6-2)34-25-29(22-23-37(34)38)28-15-13-16-30(24-28)39-35-20-11-9-18-32(35)33-19-10-12-21-36(33)39/h6-25H,2-3,5H2,1,4H3. The van der Waals surface area contributed by atoms with Crippen LogP contribution in [0.1, 0.15) is 24.6 Å². The lowest BCUT2D eigenvalue weighted by Crippen LogP contribution is -1.96. The second-order valence-electron chi connectivity index (χ2n) is 9.88. The van der Waals surface area contributed by atoms with Gasteiger partial charge in [0.05, 0.1) is 16.6 Å². The van der Waals surface area contributed by atoms with E-state index in [0.29, 0.717) is 0 Å². The van der Waals surface area contributed by atoms with Crippen LogP contribution in [0.2, 0.25) is 0 Å². The molecule has 0 amide bonds. The number of fused-ring (bicyclic) bond motifs is 4. The average Bonchev–Trinajstić information content (AvgIpc) is 3.46. The summed E-state index contributed by atoms with van der Waals surface area (Å²) in [6, 6.07) is 32.9. The van der Waals surface area contributed by atoms with Gasteiger partial charge in [0.15, 0.2) is 0 Å². The van der Waals surface area contributed by atoms with Gasteiger partial charge in [0.2, 0.25) is 0 Å². The first kappa shape index (κ1) is 24.5. The van der Waals surface area contributed by atoms with Crippen LogP contribution in [-0.4, -0.2) is 9.13 Å². The highest BCUT2D eigenvalue weighted by Gasteiger charge is 2.16. The molecule has 0 aliphatic carbocycles. The maximum atomic E-state index is 4.37. The number of para-hydroxylation sites is 2. The molecule has 0 aliphatic heterocycles. The Balaban J connectivity index is 1.53. The number of hydrogen-bond acceptors (Lipinski definition) is 0. The lowest BCUT2D eigenvalue weighted by atomic mass is 10.0. The van der Waals surface area contributed by atoms with E-state index in [1.54, 1.807) is 0 Å². The molecule has 0 bridgehead atoms. The van der Waals surface area contributed by atoms with Gasteiger partial charge in [-0.05, 0) is 66.9 Å². The monoisotopic (exact) mass is 504 g/mol. The topological polar surface area (TPSA) is 9.86 Å². The summed E-state index contributed by atoms with van der Waals surface area (Å²) < 4.78 is 4.62. The molecule has 0 unspecified atom stereocenters. The van der Waals surface area contributed by atoms with Crippen LogP contribution < -0.4 is 0 Å². The van der Waals surface area contributed by atoms with Crippen molar-refractivity contribution in [1.82, 2.24) is 9.13 Å². The summed E-state index contributed by atoms with van der Waals surface area (Å²) in [4.78, 5) is 0. The van der Waals surface area contributed by atoms with Gasteiger partial charge in [-0.25, -0.2) is 0 Å². The molecular weight excluding hydrogens is 472 g/mol. The number of rotatable bonds is 7. The number of nitrogens with zero attached hydrogens (tertiary/aromatic N) is 2. The van der Waals surface area contributed by atoms with E-state index in [2.05, 4.69) is 145 Å². The van der Waals surface area contributed by atoms with E-state index >= 15 is 0 Å². The summed E-state index contributed by atoms with van der Waals surface area (Å²) in [5.74, 6) is 0. The minimum Gasteiger partial charge on any atom is -0.314 e. The third-order valence-electron chi connectivity index (χ3n) is 7.50. The van der Waals surface area contributed by atoms with Gasteiger partial charge < -0.3 is 9.13 Å². The van der Waals surface area contributed by atoms with Crippen LogP contribution in [0.3, 0.4) is 0 Å². The molecule has 2 heteroatoms. The third kappa shape index (κ3) is 4.15. The zero-order valence-electron chi connectivity index (χ0n) is 22.6. The minimum atomic E-state index is 0.971. The molecule has 39 heavy (non-hydrogen) atoms. The molecule has 0 saturated carbocycles. The van der Waals surface area contributed by atoms with E-state index in [1.807, 2.05) is 12.2 Å². The molecule has 0 aliphatic rings. The predicted molar refractivity (Wildman–Crippen MR) is 170 cm³/mol. The summed E-state index contributed by atoms with van der Waals surface area (Å²) in [6.07, 6.45) is 11.2. The van der Waals surface area contributed by atoms with Gasteiger partial charge in [0, 0.05) is 38.8 Å². The molecule has 0 radical (unpaired) electrons. The van der Waals surface area contributed by atoms with Crippen LogP contribution in [0, 0.1) is 6.92 Å². The average molecular weight is 505 g/mol. The smallest absolute Gasteiger partial charge is 0.0541 e. The van der Waals surface area contributed by atoms with Crippen LogP contribution >= 0.6 is 0 Å². The van der Waals surface area contributed by atoms with Gasteiger partial charge >= 0.3 is 0 Å². The normalized spacial score (nSPS) is 11.9. The fourth-order valence-electron chi connectivity index (χ4n) is 5.72. The first-order valence-electron chi connectivity index (χ1n) is 13.5. The van der Waals surface area contributed by atoms with E-state index in [-0.39, 0.29) is 0 Å². The molecule has 0 saturated heterocycles. The maximum Gasteiger partial charge on any atom is 0.0541 e. The molecular formula is C37H32N2. The first-order chi connectivity index (χ1) is 19.1. The van der Waals surface area contributed by atoms with Gasteiger partial charge in [0.1, 0.15) is 0 Å². The van der Waals surface area contributed by atoms with Gasteiger partial charge in [-0.1, -0.05) is 99.0 Å². The van der Waals surface area contributed by atoms with Crippen molar-refractivity contribution in [3.8, 4) is 16.8 Å². The molecule has 190 valence electrons. The Bertz CT molecular complexity index is 1880. The van der Waals surface area contributed by atoms with Crippen LogP contribution in [-0.2, 0) is 0 Å². The Labute approximate surface area is 230 Å². The Morgan fingerprint density at radius 2 is 1.46 bits per heavy atom. The van der Waals surface area contributed by atoms with E-state index in [4.69, 9.17) is 0 Å². The highest BCUT2D eigenvalue weighted by molar-refractivity contribution is 6.09. The fourth-order valence-corrected chi connectivity index (χ4v) is 5.72. The zero-order chi connectivity index (χ0) is 26.9. The summed E-state index contributed by atoms with van der Waals surface area (Å²) in [6.45, 7) is 12.6. The van der Waals surface area contributed by atoms with Gasteiger partial charge in [-0.15, -0.1) is 0 Å². The predicted octanol–water partition coefficient (Wildman–Crippen LogP) is 10.3. The van der Waals surface area contributed by atoms with Crippen molar-refractivity contribution in [2.75, 3.05) is 0 Å². The van der Waals surface area contributed by atoms with Crippen molar-refractivity contribution in [2.45, 2.75) is 20.3 Å². The van der Waals surface area contributed by atoms with E-state index in [0.717, 1.165) is 23.3 Å². The van der Waals surface area contributed by atoms with Crippen LogP contribution in [0.25, 0.3) is 61.3 Å². The van der Waals surface area contributed by atoms with Crippen molar-refractivity contribution < 1.29 is 0 Å². The Kier molecular flexibility index (Phi) is 6.38. The lowest BCUT2D eigenvalue weighted by Gasteiger charge is -2.11. The van der Waals surface area contributed by atoms with Gasteiger partial charge in [0.25, 0.3) is 0 Å². The van der Waals surface area contributed by atoms with E-state index in [1.165, 1.54) is 49.6 Å². The minimum absolute atomic E-state index is 0.971. The fraction of sp³-hybridized carbons (Fsp3) is 0.0811. The summed E-state index contributed by atoms with van der Waals surface area (Å²) in [7, 11) is 0. The molecule has 4 aromatic carbocycles. The molecule has 0 fully saturated rings. The van der Waals surface area contributed by atoms with Crippen molar-refractivity contribution in [3.05, 3.63) is 140 Å². The largest absolute Gasteiger partial charge is 0.314 e. The SMILES string of the molecule is C=CC=Cc1c(C)n(C(=C)C=CCC)c2ccc(-c3cccc(-n4c5ccccc5c5ccccc54)c3)cc12. The first-order valence-corrected chi connectivity index (χ1v) is 13.5. The van der Waals surface area contributed by atoms with Gasteiger partial charge in [-0.3, -0.25) is 0 Å². The Hall–Kier alpha value is -4.82. The number of aromatic nitrogens is 2. The highest BCUT2D eigenvalue weighted by Crippen LogP contribution is 2.36. The summed E-state index contributed by atoms with van der Waals surface area (Å²) >= 11 is 0. The van der Waals surface area contributed by atoms with Crippen molar-refractivity contribution in [1.29, 1.82) is 0 Å². The lowest BCUT2D eigenvalue weighted by molar-refractivity contribution is 1.09. The van der Waals surface area contributed by atoms with E-state index in [9.17, 15) is 0 Å². The summed E-state index contributed by atoms with van der Waals surface area (Å²) in [5.41, 5.74) is 10.5. The van der Waals surface area contributed by atoms with Crippen LogP contribution in [0.15, 0.2) is 128 Å². The Morgan fingerprint density at radius 3 is 2.15 bits per heavy atom. The zero-order valence-corrected chi connectivity index (χ0v) is 22.6. The molecule has 2 aromatic heterocycles. The van der Waals surface area contributed by atoms with Crippen molar-refractivity contribution in [2.24, 2.45) is 0 Å². The second kappa shape index (κ2) is 10.2. The molecule has 2 nitrogen and oxygen atoms in total. The van der Waals surface area contributed by atoms with E-state index < -0.39 is 0 Å². The molecule has 2 heterocycles. The third-order valence-corrected chi connectivity index (χ3v) is 7.50. The molecule has 6 aromatic rings. The summed E-state index contributed by atoms with van der Waals surface area (Å²) in [5, 5.41) is 3.75. The van der Waals surface area contributed by atoms with Crippen molar-refractivity contribution in [3.63, 3.8) is 0 Å². The number of allylic oxidation sites excluding steroid dienone is 5. The number of benzene rings is 4. The number of hydrogen-bond donors (Lipinski definition) is 0. The van der Waals surface area contributed by atoms with Crippen LogP contribution in [0.5, 0.6) is 0 Å². The highest BCUT2D eigenvalue weighted by atomic mass is 15.0.